The van der Waals surface area contributed by atoms with Gasteiger partial charge in [-0.05, 0) is 0 Å². The Morgan fingerprint density at radius 2 is 1.89 bits per heavy atom. The molecule has 0 aliphatic heterocycles. The normalized spacial score (nSPS) is 10.7. The van der Waals surface area contributed by atoms with Crippen molar-refractivity contribution in [2.24, 2.45) is 0 Å². The van der Waals surface area contributed by atoms with E-state index in [0.717, 1.165) is 0 Å². The van der Waals surface area contributed by atoms with Gasteiger partial charge in [0.25, 0.3) is 5.92 Å². The molecule has 1 radical (unpaired) electrons. The largest absolute Gasteiger partial charge is 0.390 e. The molecule has 4 heteroatoms. The molecule has 0 atom stereocenters. The minimum absolute atomic E-state index is 0. The summed E-state index contributed by atoms with van der Waals surface area (Å²) in [6, 6.07) is 0. The zero-order valence-electron chi connectivity index (χ0n) is 5.27. The van der Waals surface area contributed by atoms with Gasteiger partial charge in [-0.2, -0.15) is 0 Å². The molecule has 0 unspecified atom stereocenters. The predicted octanol–water partition coefficient (Wildman–Crippen LogP) is 1.41. The molecule has 9 heavy (non-hydrogen) atoms. The molecule has 0 aliphatic rings. The van der Waals surface area contributed by atoms with E-state index in [1.165, 1.54) is 0 Å². The van der Waals surface area contributed by atoms with E-state index in [1.54, 1.807) is 6.92 Å². The number of aliphatic hydroxyl groups is 1. The zero-order valence-corrected chi connectivity index (χ0v) is 6.67. The number of hydrogen-bond acceptors (Lipinski definition) is 1. The van der Waals surface area contributed by atoms with E-state index in [1.807, 2.05) is 0 Å². The topological polar surface area (TPSA) is 20.2 Å². The van der Waals surface area contributed by atoms with Crippen molar-refractivity contribution in [2.45, 2.75) is 25.7 Å². The first kappa shape index (κ1) is 12.1. The van der Waals surface area contributed by atoms with E-state index in [0.29, 0.717) is 6.42 Å². The van der Waals surface area contributed by atoms with Crippen LogP contribution in [0.4, 0.5) is 8.78 Å². The molecule has 0 saturated heterocycles. The third kappa shape index (κ3) is 6.29. The Balaban J connectivity index is 0. The standard InChI is InChI=1S/C5H10F2O.V/c1-2-3-5(6,7)4-8;/h8H,2-4H2,1H3;. The van der Waals surface area contributed by atoms with Gasteiger partial charge in [-0.3, -0.25) is 0 Å². The predicted molar refractivity (Wildman–Crippen MR) is 26.9 cm³/mol. The fourth-order valence-electron chi connectivity index (χ4n) is 0.445. The van der Waals surface area contributed by atoms with E-state index in [4.69, 9.17) is 5.11 Å². The van der Waals surface area contributed by atoms with Crippen LogP contribution in [0.1, 0.15) is 19.8 Å². The summed E-state index contributed by atoms with van der Waals surface area (Å²) in [6.07, 6.45) is 0.192. The van der Waals surface area contributed by atoms with Crippen molar-refractivity contribution in [1.29, 1.82) is 0 Å². The van der Waals surface area contributed by atoms with Gasteiger partial charge < -0.3 is 5.11 Å². The fourth-order valence-corrected chi connectivity index (χ4v) is 0.445. The summed E-state index contributed by atoms with van der Waals surface area (Å²) in [5.74, 6) is -2.85. The minimum Gasteiger partial charge on any atom is -0.390 e. The van der Waals surface area contributed by atoms with Gasteiger partial charge in [0.15, 0.2) is 0 Å². The average molecular weight is 175 g/mol. The van der Waals surface area contributed by atoms with Crippen LogP contribution in [-0.2, 0) is 18.6 Å². The Bertz CT molecular complexity index is 68.0. The van der Waals surface area contributed by atoms with E-state index >= 15 is 0 Å². The second kappa shape index (κ2) is 5.21. The van der Waals surface area contributed by atoms with Crippen molar-refractivity contribution < 1.29 is 32.4 Å². The molecule has 0 spiro atoms. The Kier molecular flexibility index (Phi) is 7.01. The van der Waals surface area contributed by atoms with Gasteiger partial charge in [0.05, 0.1) is 0 Å². The van der Waals surface area contributed by atoms with Crippen LogP contribution in [-0.4, -0.2) is 17.6 Å². The van der Waals surface area contributed by atoms with Crippen LogP contribution in [0.2, 0.25) is 0 Å². The molecule has 0 rings (SSSR count). The number of halogens is 2. The number of rotatable bonds is 3. The molecule has 0 aliphatic carbocycles. The molecule has 1 nitrogen and oxygen atoms in total. The van der Waals surface area contributed by atoms with Gasteiger partial charge >= 0.3 is 0 Å². The summed E-state index contributed by atoms with van der Waals surface area (Å²) < 4.78 is 23.8. The Morgan fingerprint density at radius 1 is 1.44 bits per heavy atom. The summed E-state index contributed by atoms with van der Waals surface area (Å²) in [7, 11) is 0. The second-order valence-corrected chi connectivity index (χ2v) is 1.76. The van der Waals surface area contributed by atoms with Gasteiger partial charge in [-0.15, -0.1) is 0 Å². The molecule has 0 heterocycles. The average Bonchev–Trinajstić information content (AvgIpc) is 1.67. The molecular weight excluding hydrogens is 165 g/mol. The SMILES string of the molecule is CCCC(F)(F)CO.[V]. The van der Waals surface area contributed by atoms with Crippen molar-refractivity contribution in [2.75, 3.05) is 6.61 Å². The Labute approximate surface area is 65.3 Å². The van der Waals surface area contributed by atoms with Crippen LogP contribution in [0.15, 0.2) is 0 Å². The Morgan fingerprint density at radius 3 is 2.00 bits per heavy atom. The summed E-state index contributed by atoms with van der Waals surface area (Å²) in [4.78, 5) is 0. The van der Waals surface area contributed by atoms with Crippen LogP contribution in [0, 0.1) is 0 Å². The van der Waals surface area contributed by atoms with Gasteiger partial charge in [0.2, 0.25) is 0 Å². The van der Waals surface area contributed by atoms with Crippen molar-refractivity contribution in [3.63, 3.8) is 0 Å². The molecule has 0 fully saturated rings. The van der Waals surface area contributed by atoms with Crippen LogP contribution in [0.3, 0.4) is 0 Å². The first-order chi connectivity index (χ1) is 3.62. The maximum atomic E-state index is 11.9. The van der Waals surface area contributed by atoms with Gasteiger partial charge in [0, 0.05) is 25.0 Å². The van der Waals surface area contributed by atoms with Gasteiger partial charge in [0.1, 0.15) is 6.61 Å². The number of hydrogen-bond donors (Lipinski definition) is 1. The van der Waals surface area contributed by atoms with Crippen LogP contribution < -0.4 is 0 Å². The van der Waals surface area contributed by atoms with E-state index < -0.39 is 12.5 Å². The Hall–Kier alpha value is 0.404. The van der Waals surface area contributed by atoms with Gasteiger partial charge in [-0.1, -0.05) is 13.3 Å². The molecule has 0 aromatic rings. The first-order valence-electron chi connectivity index (χ1n) is 2.61. The van der Waals surface area contributed by atoms with Crippen molar-refractivity contribution in [1.82, 2.24) is 0 Å². The summed E-state index contributed by atoms with van der Waals surface area (Å²) >= 11 is 0. The zero-order chi connectivity index (χ0) is 6.62. The molecular formula is C5H10F2OV. The maximum absolute atomic E-state index is 11.9. The molecule has 0 aromatic heterocycles. The third-order valence-corrected chi connectivity index (χ3v) is 0.847. The number of aliphatic hydroxyl groups excluding tert-OH is 1. The van der Waals surface area contributed by atoms with Crippen molar-refractivity contribution in [3.05, 3.63) is 0 Å². The van der Waals surface area contributed by atoms with Crippen LogP contribution in [0.25, 0.3) is 0 Å². The van der Waals surface area contributed by atoms with E-state index in [-0.39, 0.29) is 25.0 Å². The summed E-state index contributed by atoms with van der Waals surface area (Å²) in [5.41, 5.74) is 0. The fraction of sp³-hybridized carbons (Fsp3) is 1.00. The quantitative estimate of drug-likeness (QED) is 0.687. The van der Waals surface area contributed by atoms with Crippen LogP contribution >= 0.6 is 0 Å². The van der Waals surface area contributed by atoms with Crippen LogP contribution in [0.5, 0.6) is 0 Å². The summed E-state index contributed by atoms with van der Waals surface area (Å²) in [5, 5.41) is 7.98. The summed E-state index contributed by atoms with van der Waals surface area (Å²) in [6.45, 7) is 0.629. The second-order valence-electron chi connectivity index (χ2n) is 1.76. The molecule has 0 saturated carbocycles. The molecule has 1 N–H and O–H groups in total. The van der Waals surface area contributed by atoms with Crippen molar-refractivity contribution in [3.8, 4) is 0 Å². The number of alkyl halides is 2. The first-order valence-corrected chi connectivity index (χ1v) is 2.61. The molecule has 0 amide bonds. The van der Waals surface area contributed by atoms with Gasteiger partial charge in [-0.25, -0.2) is 8.78 Å². The minimum atomic E-state index is -2.85. The maximum Gasteiger partial charge on any atom is 0.270 e. The third-order valence-electron chi connectivity index (χ3n) is 0.847. The smallest absolute Gasteiger partial charge is 0.270 e. The molecule has 0 bridgehead atoms. The van der Waals surface area contributed by atoms with E-state index in [2.05, 4.69) is 0 Å². The molecule has 55 valence electrons. The van der Waals surface area contributed by atoms with Crippen molar-refractivity contribution >= 4 is 0 Å². The monoisotopic (exact) mass is 175 g/mol. The van der Waals surface area contributed by atoms with E-state index in [9.17, 15) is 8.78 Å². The molecule has 0 aromatic carbocycles.